The van der Waals surface area contributed by atoms with Crippen LogP contribution in [0.2, 0.25) is 0 Å². The molecule has 0 bridgehead atoms. The van der Waals surface area contributed by atoms with Crippen molar-refractivity contribution in [3.05, 3.63) is 24.5 Å². The maximum Gasteiger partial charge on any atom is 0.370 e. The Bertz CT molecular complexity index is 626. The van der Waals surface area contributed by atoms with Gasteiger partial charge in [-0.05, 0) is 6.08 Å². The van der Waals surface area contributed by atoms with Crippen molar-refractivity contribution in [2.24, 2.45) is 16.5 Å². The molecule has 9 N–H and O–H groups in total. The Labute approximate surface area is 192 Å². The molecular formula is C15H25N5O8Y-2. The van der Waals surface area contributed by atoms with E-state index in [1.807, 2.05) is 0 Å². The van der Waals surface area contributed by atoms with Crippen molar-refractivity contribution >= 4 is 23.9 Å². The number of hydrogen-bond donors (Lipinski definition) is 6. The summed E-state index contributed by atoms with van der Waals surface area (Å²) in [6.45, 7) is 5.25. The second-order valence-corrected chi connectivity index (χ2v) is 5.31. The molecule has 14 heteroatoms. The standard InChI is InChI=1S/C13H21N5O8.C2H5.Y/c1-4(20)17-8-5(18-12(14)15)2-7(11(22)23)25-10(8)9(6(21)3-19)26-13(16)24;1-2;/h2,5-6,8-10,19,21H,3H2,1H3,(H8,14,15,16,17,18,20,22,23,24);1H2,2H3;/q;-1;/p-1/t5?,6-,8?,9-,10?;;/m1../s1. The van der Waals surface area contributed by atoms with Crippen molar-refractivity contribution in [1.82, 2.24) is 5.32 Å². The summed E-state index contributed by atoms with van der Waals surface area (Å²) in [5.74, 6) is -3.16. The molecule has 1 radical (unpaired) electrons. The Balaban J connectivity index is 0. The molecule has 2 amide bonds. The molecule has 29 heavy (non-hydrogen) atoms. The van der Waals surface area contributed by atoms with Crippen LogP contribution in [-0.2, 0) is 51.8 Å². The van der Waals surface area contributed by atoms with Crippen LogP contribution in [0.15, 0.2) is 16.8 Å². The number of aliphatic imine (C=N–C) groups is 1. The number of hydrogen-bond acceptors (Lipinski definition) is 8. The van der Waals surface area contributed by atoms with Crippen LogP contribution < -0.4 is 16.8 Å². The van der Waals surface area contributed by atoms with Gasteiger partial charge in [0.1, 0.15) is 6.10 Å². The number of nitrogens with zero attached hydrogens (tertiary/aromatic N) is 1. The average molecular weight is 492 g/mol. The van der Waals surface area contributed by atoms with Gasteiger partial charge in [-0.2, -0.15) is 6.92 Å². The number of aliphatic hydroxyl groups excluding tert-OH is 2. The van der Waals surface area contributed by atoms with Crippen LogP contribution in [0, 0.1) is 6.92 Å². The molecule has 1 rings (SSSR count). The average Bonchev–Trinajstić information content (AvgIpc) is 2.61. The minimum Gasteiger partial charge on any atom is -0.632 e. The van der Waals surface area contributed by atoms with Crippen molar-refractivity contribution in [1.29, 1.82) is 0 Å². The van der Waals surface area contributed by atoms with Gasteiger partial charge in [0, 0.05) is 39.6 Å². The third-order valence-corrected chi connectivity index (χ3v) is 3.32. The fourth-order valence-electron chi connectivity index (χ4n) is 2.39. The molecule has 1 aliphatic rings. The predicted molar refractivity (Wildman–Crippen MR) is 96.5 cm³/mol. The first kappa shape index (κ1) is 29.2. The van der Waals surface area contributed by atoms with Crippen LogP contribution in [0.5, 0.6) is 0 Å². The summed E-state index contributed by atoms with van der Waals surface area (Å²) in [6.07, 6.45) is -5.50. The first-order valence-corrected chi connectivity index (χ1v) is 7.96. The molecule has 163 valence electrons. The van der Waals surface area contributed by atoms with E-state index in [2.05, 4.69) is 22.0 Å². The van der Waals surface area contributed by atoms with Crippen molar-refractivity contribution in [3.63, 3.8) is 0 Å². The largest absolute Gasteiger partial charge is 0.632 e. The van der Waals surface area contributed by atoms with E-state index in [4.69, 9.17) is 27.0 Å². The van der Waals surface area contributed by atoms with Gasteiger partial charge < -0.3 is 54.2 Å². The van der Waals surface area contributed by atoms with Gasteiger partial charge in [-0.1, -0.05) is 0 Å². The molecule has 13 nitrogen and oxygen atoms in total. The zero-order valence-corrected chi connectivity index (χ0v) is 18.8. The molecule has 0 saturated heterocycles. The van der Waals surface area contributed by atoms with E-state index in [0.717, 1.165) is 13.0 Å². The second kappa shape index (κ2) is 14.1. The summed E-state index contributed by atoms with van der Waals surface area (Å²) in [5.41, 5.74) is 17.5. The summed E-state index contributed by atoms with van der Waals surface area (Å²) in [6, 6.07) is -2.32. The minimum atomic E-state index is -1.74. The molecule has 5 atom stereocenters. The number of amides is 2. The van der Waals surface area contributed by atoms with Crippen LogP contribution in [0.25, 0.3) is 5.73 Å². The van der Waals surface area contributed by atoms with E-state index in [0.29, 0.717) is 0 Å². The monoisotopic (exact) mass is 492 g/mol. The number of ether oxygens (including phenoxy) is 2. The fraction of sp³-hybridized carbons (Fsp3) is 0.533. The smallest absolute Gasteiger partial charge is 0.370 e. The summed E-state index contributed by atoms with van der Waals surface area (Å²) < 4.78 is 9.87. The van der Waals surface area contributed by atoms with E-state index >= 15 is 0 Å². The number of nitrogens with one attached hydrogen (secondary N) is 2. The molecule has 0 aliphatic carbocycles. The van der Waals surface area contributed by atoms with Crippen LogP contribution in [0.4, 0.5) is 4.79 Å². The normalized spacial score (nSPS) is 22.0. The molecule has 0 aromatic carbocycles. The first-order chi connectivity index (χ1) is 13.1. The molecule has 0 spiro atoms. The second-order valence-electron chi connectivity index (χ2n) is 5.31. The maximum atomic E-state index is 11.5. The van der Waals surface area contributed by atoms with Gasteiger partial charge in [0.05, 0.1) is 18.7 Å². The zero-order chi connectivity index (χ0) is 22.0. The number of rotatable bonds is 7. The van der Waals surface area contributed by atoms with Crippen LogP contribution in [0.3, 0.4) is 0 Å². The van der Waals surface area contributed by atoms with E-state index in [-0.39, 0.29) is 32.7 Å². The van der Waals surface area contributed by atoms with Gasteiger partial charge in [0.15, 0.2) is 18.2 Å². The summed E-state index contributed by atoms with van der Waals surface area (Å²) in [5, 5.41) is 30.7. The van der Waals surface area contributed by atoms with Gasteiger partial charge in [-0.15, -0.1) is 0 Å². The summed E-state index contributed by atoms with van der Waals surface area (Å²) in [4.78, 5) is 37.7. The van der Waals surface area contributed by atoms with Crippen molar-refractivity contribution in [2.75, 3.05) is 6.61 Å². The van der Waals surface area contributed by atoms with Crippen molar-refractivity contribution in [3.8, 4) is 0 Å². The number of carboxylic acids is 1. The molecule has 3 unspecified atom stereocenters. The number of carbonyl (C=O) groups excluding carboxylic acids is 2. The van der Waals surface area contributed by atoms with Gasteiger partial charge in [-0.3, -0.25) is 9.59 Å². The summed E-state index contributed by atoms with van der Waals surface area (Å²) in [7, 11) is 0. The van der Waals surface area contributed by atoms with Gasteiger partial charge in [0.25, 0.3) is 0 Å². The topological polar surface area (TPSA) is 231 Å². The van der Waals surface area contributed by atoms with E-state index in [9.17, 15) is 24.6 Å². The minimum absolute atomic E-state index is 0. The number of aliphatic carboxylic acids is 1. The Morgan fingerprint density at radius 1 is 1.41 bits per heavy atom. The molecule has 0 aromatic rings. The molecular weight excluding hydrogens is 467 g/mol. The zero-order valence-electron chi connectivity index (χ0n) is 15.9. The quantitative estimate of drug-likeness (QED) is 0.133. The number of nitrogens with two attached hydrogens (primary N) is 2. The Hall–Kier alpha value is -1.96. The molecule has 1 aliphatic heterocycles. The maximum absolute atomic E-state index is 11.5. The Kier molecular flexibility index (Phi) is 14.2. The number of aliphatic hydroxyl groups is 2. The van der Waals surface area contributed by atoms with Crippen LogP contribution >= 0.6 is 0 Å². The fourth-order valence-corrected chi connectivity index (χ4v) is 2.39. The third kappa shape index (κ3) is 9.39. The third-order valence-electron chi connectivity index (χ3n) is 3.32. The molecule has 1 heterocycles. The van der Waals surface area contributed by atoms with Gasteiger partial charge in [0.2, 0.25) is 17.8 Å². The number of carboxylic acid groups (broad SMARTS) is 1. The van der Waals surface area contributed by atoms with Crippen LogP contribution in [-0.4, -0.2) is 76.3 Å². The summed E-state index contributed by atoms with van der Waals surface area (Å²) >= 11 is 0. The molecule has 0 saturated carbocycles. The van der Waals surface area contributed by atoms with E-state index < -0.39 is 66.7 Å². The van der Waals surface area contributed by atoms with E-state index in [1.54, 1.807) is 6.92 Å². The first-order valence-electron chi connectivity index (χ1n) is 7.96. The number of carbonyl (C=O) groups is 3. The Morgan fingerprint density at radius 3 is 2.34 bits per heavy atom. The molecule has 0 aromatic heterocycles. The molecule has 0 fully saturated rings. The van der Waals surface area contributed by atoms with Crippen molar-refractivity contribution < 1.29 is 71.9 Å². The number of guanidine groups is 1. The SMILES string of the molecule is CC(=O)NC1C(N=C(N)N)C=C(C(=O)O)OC1[C@H](OC([NH-])=O)[C@H](O)CO.[CH2-]C.[Y]. The predicted octanol–water partition coefficient (Wildman–Crippen LogP) is -1.75. The van der Waals surface area contributed by atoms with Gasteiger partial charge in [-0.25, -0.2) is 9.79 Å². The Morgan fingerprint density at radius 2 is 1.97 bits per heavy atom. The van der Waals surface area contributed by atoms with E-state index in [1.165, 1.54) is 0 Å². The van der Waals surface area contributed by atoms with Crippen LogP contribution in [0.1, 0.15) is 13.8 Å². The van der Waals surface area contributed by atoms with Crippen molar-refractivity contribution in [2.45, 2.75) is 44.2 Å². The van der Waals surface area contributed by atoms with Gasteiger partial charge >= 0.3 is 5.97 Å².